The summed E-state index contributed by atoms with van der Waals surface area (Å²) in [5, 5.41) is 24.0. The third-order valence-electron chi connectivity index (χ3n) is 0. The van der Waals surface area contributed by atoms with Gasteiger partial charge in [0.05, 0.1) is 7.32 Å². The van der Waals surface area contributed by atoms with Gasteiger partial charge in [0.15, 0.2) is 0 Å². The predicted molar refractivity (Wildman–Crippen MR) is 13.7 cm³/mol. The molecule has 0 atom stereocenters. The van der Waals surface area contributed by atoms with E-state index in [-0.39, 0.29) is 56.0 Å². The van der Waals surface area contributed by atoms with Crippen LogP contribution in [0.2, 0.25) is 0 Å². The first-order chi connectivity index (χ1) is 1.73. The van der Waals surface area contributed by atoms with Crippen LogP contribution in [0.25, 0.3) is 0 Å². The second kappa shape index (κ2) is 15.6. The molecule has 0 radical (unpaired) electrons. The molecule has 0 aromatic heterocycles. The SMILES string of the molecule is [O-]B([O-])O.[Se-2].[Zn+2].[Zn+2]. The Bertz CT molecular complexity index is 17.7. The van der Waals surface area contributed by atoms with Gasteiger partial charge in [-0.05, 0) is 0 Å². The molecule has 0 aliphatic heterocycles. The number of hydrogen-bond donors (Lipinski definition) is 1. The largest absolute Gasteiger partial charge is 2.00 e. The Morgan fingerprint density at radius 1 is 1.14 bits per heavy atom. The molecule has 0 saturated carbocycles. The van der Waals surface area contributed by atoms with Gasteiger partial charge in [0.25, 0.3) is 0 Å². The van der Waals surface area contributed by atoms with Crippen LogP contribution in [0.1, 0.15) is 0 Å². The minimum absolute atomic E-state index is 0. The summed E-state index contributed by atoms with van der Waals surface area (Å²) in [5.41, 5.74) is 0. The standard InChI is InChI=1S/BHO3.Se.2Zn/c2-1(3)4;;;/h2H;;;/q2*-2;2*+2. The molecule has 0 spiro atoms. The van der Waals surface area contributed by atoms with Crippen molar-refractivity contribution in [2.45, 2.75) is 0 Å². The summed E-state index contributed by atoms with van der Waals surface area (Å²) in [6, 6.07) is 0. The van der Waals surface area contributed by atoms with E-state index in [1.807, 2.05) is 0 Å². The first-order valence-corrected chi connectivity index (χ1v) is 0.730. The van der Waals surface area contributed by atoms with Crippen LogP contribution in [0.3, 0.4) is 0 Å². The summed E-state index contributed by atoms with van der Waals surface area (Å²) in [5.74, 6) is 0. The summed E-state index contributed by atoms with van der Waals surface area (Å²) in [6.45, 7) is 0. The zero-order valence-electron chi connectivity index (χ0n) is 3.66. The Morgan fingerprint density at radius 3 is 1.14 bits per heavy atom. The fraction of sp³-hybridized carbons (Fsp3) is 0. The molecule has 3 nitrogen and oxygen atoms in total. The molecule has 0 aromatic rings. The van der Waals surface area contributed by atoms with E-state index in [0.29, 0.717) is 0 Å². The predicted octanol–water partition coefficient (Wildman–Crippen LogP) is -3.70. The molecular formula is HBO3SeZn2. The minimum atomic E-state index is -2.67. The van der Waals surface area contributed by atoms with Crippen LogP contribution in [-0.2, 0) is 39.0 Å². The van der Waals surface area contributed by atoms with Crippen molar-refractivity contribution in [3.8, 4) is 0 Å². The van der Waals surface area contributed by atoms with Crippen LogP contribution in [0.4, 0.5) is 0 Å². The Hall–Kier alpha value is 1.71. The minimum Gasteiger partial charge on any atom is -2.00 e. The summed E-state index contributed by atoms with van der Waals surface area (Å²) in [7, 11) is -2.67. The molecule has 0 fully saturated rings. The average molecular weight is 270 g/mol. The molecule has 32 valence electrons. The Morgan fingerprint density at radius 2 is 1.14 bits per heavy atom. The summed E-state index contributed by atoms with van der Waals surface area (Å²) in [4.78, 5) is 0. The van der Waals surface area contributed by atoms with Crippen LogP contribution in [-0.4, -0.2) is 29.4 Å². The maximum atomic E-state index is 8.53. The van der Waals surface area contributed by atoms with Gasteiger partial charge in [-0.1, -0.05) is 0 Å². The maximum Gasteiger partial charge on any atom is 2.00 e. The van der Waals surface area contributed by atoms with Gasteiger partial charge in [0.2, 0.25) is 0 Å². The second-order valence-electron chi connectivity index (χ2n) is 0.307. The average Bonchev–Trinajstić information content (AvgIpc) is 0.811. The molecular weight excluding hydrogens is 269 g/mol. The van der Waals surface area contributed by atoms with Gasteiger partial charge in [-0.15, -0.1) is 0 Å². The second-order valence-corrected chi connectivity index (χ2v) is 0.307. The fourth-order valence-electron chi connectivity index (χ4n) is 0. The summed E-state index contributed by atoms with van der Waals surface area (Å²) in [6.07, 6.45) is 0. The van der Waals surface area contributed by atoms with E-state index < -0.39 is 7.32 Å². The quantitative estimate of drug-likeness (QED) is 0.460. The van der Waals surface area contributed by atoms with Gasteiger partial charge in [-0.2, -0.15) is 0 Å². The van der Waals surface area contributed by atoms with Crippen LogP contribution < -0.4 is 10.0 Å². The Kier molecular flexibility index (Phi) is 52.2. The van der Waals surface area contributed by atoms with E-state index in [1.165, 1.54) is 0 Å². The van der Waals surface area contributed by atoms with Gasteiger partial charge in [-0.25, -0.2) is 0 Å². The van der Waals surface area contributed by atoms with E-state index in [9.17, 15) is 0 Å². The molecule has 0 amide bonds. The molecule has 0 aromatic carbocycles. The van der Waals surface area contributed by atoms with Gasteiger partial charge in [0, 0.05) is 0 Å². The van der Waals surface area contributed by atoms with Crippen molar-refractivity contribution in [3.63, 3.8) is 0 Å². The van der Waals surface area contributed by atoms with Crippen molar-refractivity contribution in [2.24, 2.45) is 0 Å². The molecule has 1 N–H and O–H groups in total. The Labute approximate surface area is 78.0 Å². The monoisotopic (exact) mass is 268 g/mol. The van der Waals surface area contributed by atoms with Gasteiger partial charge in [-0.3, -0.25) is 0 Å². The normalized spacial score (nSPS) is 3.86. The van der Waals surface area contributed by atoms with Gasteiger partial charge >= 0.3 is 39.0 Å². The van der Waals surface area contributed by atoms with E-state index >= 15 is 0 Å². The molecule has 0 unspecified atom stereocenters. The fourth-order valence-corrected chi connectivity index (χ4v) is 0. The summed E-state index contributed by atoms with van der Waals surface area (Å²) >= 11 is 0. The van der Waals surface area contributed by atoms with E-state index in [1.54, 1.807) is 0 Å². The zero-order chi connectivity index (χ0) is 3.58. The zero-order valence-corrected chi connectivity index (χ0v) is 11.3. The molecule has 0 heterocycles. The van der Waals surface area contributed by atoms with Gasteiger partial charge < -0.3 is 32.1 Å². The van der Waals surface area contributed by atoms with Crippen molar-refractivity contribution < 1.29 is 54.0 Å². The van der Waals surface area contributed by atoms with Crippen LogP contribution in [0, 0.1) is 0 Å². The van der Waals surface area contributed by atoms with Crippen molar-refractivity contribution in [3.05, 3.63) is 0 Å². The van der Waals surface area contributed by atoms with Crippen LogP contribution in [0.5, 0.6) is 0 Å². The van der Waals surface area contributed by atoms with Crippen molar-refractivity contribution in [2.75, 3.05) is 0 Å². The summed E-state index contributed by atoms with van der Waals surface area (Å²) < 4.78 is 0. The smallest absolute Gasteiger partial charge is 2.00 e. The van der Waals surface area contributed by atoms with E-state index in [2.05, 4.69) is 0 Å². The first kappa shape index (κ1) is 23.3. The van der Waals surface area contributed by atoms with E-state index in [4.69, 9.17) is 15.1 Å². The van der Waals surface area contributed by atoms with Crippen LogP contribution >= 0.6 is 0 Å². The molecule has 0 bridgehead atoms. The van der Waals surface area contributed by atoms with E-state index in [0.717, 1.165) is 0 Å². The third kappa shape index (κ3) is 85.9. The molecule has 7 heavy (non-hydrogen) atoms. The van der Waals surface area contributed by atoms with Crippen molar-refractivity contribution in [1.82, 2.24) is 0 Å². The molecule has 0 saturated heterocycles. The van der Waals surface area contributed by atoms with Crippen molar-refractivity contribution >= 4 is 24.4 Å². The first-order valence-electron chi connectivity index (χ1n) is 0.730. The van der Waals surface area contributed by atoms with Crippen molar-refractivity contribution in [1.29, 1.82) is 0 Å². The third-order valence-corrected chi connectivity index (χ3v) is 0. The molecule has 0 aliphatic carbocycles. The van der Waals surface area contributed by atoms with Gasteiger partial charge in [0.1, 0.15) is 0 Å². The van der Waals surface area contributed by atoms with Crippen LogP contribution in [0.15, 0.2) is 0 Å². The molecule has 7 heteroatoms. The Balaban J connectivity index is -0.0000000150. The molecule has 0 aliphatic rings. The molecule has 0 rings (SSSR count). The number of hydrogen-bond acceptors (Lipinski definition) is 3. The maximum absolute atomic E-state index is 8.53. The topological polar surface area (TPSA) is 66.3 Å². The number of rotatable bonds is 0.